The summed E-state index contributed by atoms with van der Waals surface area (Å²) in [6.07, 6.45) is 0. The standard InChI is InChI=1S/C13H11Cl2N2O3S/c14-10-4-3-5-11(15)9(10)8-16-21(20)13-7-2-1-6-12(13)17(18)19/h1-7,16,18H,8H2/q-1. The fraction of sp³-hybridized carbons (Fsp3) is 0.0769. The van der Waals surface area contributed by atoms with Gasteiger partial charge in [-0.1, -0.05) is 41.4 Å². The van der Waals surface area contributed by atoms with E-state index in [1.165, 1.54) is 12.1 Å². The largest absolute Gasteiger partial charge is 0.733 e. The number of anilines is 1. The Labute approximate surface area is 134 Å². The number of nitrogens with zero attached hydrogens (tertiary/aromatic N) is 1. The molecule has 0 bridgehead atoms. The molecular formula is C13H11Cl2N2O3S-. The van der Waals surface area contributed by atoms with Gasteiger partial charge >= 0.3 is 0 Å². The molecule has 5 nitrogen and oxygen atoms in total. The van der Waals surface area contributed by atoms with E-state index < -0.39 is 11.0 Å². The summed E-state index contributed by atoms with van der Waals surface area (Å²) >= 11 is 12.0. The molecular weight excluding hydrogens is 335 g/mol. The van der Waals surface area contributed by atoms with Gasteiger partial charge < -0.3 is 10.4 Å². The number of halogens is 2. The third-order valence-corrected chi connectivity index (χ3v) is 4.57. The van der Waals surface area contributed by atoms with E-state index in [1.807, 2.05) is 0 Å². The molecule has 1 unspecified atom stereocenters. The van der Waals surface area contributed by atoms with Crippen LogP contribution >= 0.6 is 23.2 Å². The Morgan fingerprint density at radius 1 is 1.14 bits per heavy atom. The van der Waals surface area contributed by atoms with Crippen molar-refractivity contribution in [2.75, 3.05) is 5.23 Å². The van der Waals surface area contributed by atoms with Crippen molar-refractivity contribution in [1.82, 2.24) is 4.72 Å². The van der Waals surface area contributed by atoms with Crippen molar-refractivity contribution in [3.8, 4) is 0 Å². The van der Waals surface area contributed by atoms with Crippen LogP contribution in [0.5, 0.6) is 0 Å². The second-order valence-electron chi connectivity index (χ2n) is 4.03. The summed E-state index contributed by atoms with van der Waals surface area (Å²) in [6, 6.07) is 11.1. The average molecular weight is 346 g/mol. The summed E-state index contributed by atoms with van der Waals surface area (Å²) < 4.78 is 14.9. The van der Waals surface area contributed by atoms with Crippen LogP contribution in [0.2, 0.25) is 10.0 Å². The number of rotatable bonds is 5. The highest BCUT2D eigenvalue weighted by atomic mass is 35.5. The predicted molar refractivity (Wildman–Crippen MR) is 83.8 cm³/mol. The van der Waals surface area contributed by atoms with Crippen molar-refractivity contribution in [3.63, 3.8) is 0 Å². The SMILES string of the molecule is O=S(NCc1c(Cl)cccc1Cl)c1ccccc1N([O-])O. The number of hydrogen-bond acceptors (Lipinski definition) is 4. The maximum absolute atomic E-state index is 12.2. The molecule has 112 valence electrons. The molecule has 21 heavy (non-hydrogen) atoms. The van der Waals surface area contributed by atoms with E-state index in [0.29, 0.717) is 15.6 Å². The molecule has 8 heteroatoms. The minimum atomic E-state index is -1.70. The van der Waals surface area contributed by atoms with Crippen LogP contribution in [-0.2, 0) is 17.5 Å². The molecule has 0 saturated heterocycles. The van der Waals surface area contributed by atoms with Gasteiger partial charge in [0.05, 0.1) is 10.6 Å². The number of nitrogens with one attached hydrogen (secondary N) is 1. The maximum atomic E-state index is 12.2. The second-order valence-corrected chi connectivity index (χ2v) is 6.11. The van der Waals surface area contributed by atoms with Crippen LogP contribution in [0.3, 0.4) is 0 Å². The minimum Gasteiger partial charge on any atom is -0.733 e. The van der Waals surface area contributed by atoms with Gasteiger partial charge in [-0.2, -0.15) is 0 Å². The quantitative estimate of drug-likeness (QED) is 0.813. The molecule has 0 spiro atoms. The molecule has 0 amide bonds. The Balaban J connectivity index is 2.16. The summed E-state index contributed by atoms with van der Waals surface area (Å²) in [7, 11) is -1.70. The molecule has 0 fully saturated rings. The molecule has 1 atom stereocenters. The van der Waals surface area contributed by atoms with Crippen molar-refractivity contribution in [2.24, 2.45) is 0 Å². The van der Waals surface area contributed by atoms with Crippen LogP contribution in [-0.4, -0.2) is 9.42 Å². The number of hydrogen-bond donors (Lipinski definition) is 2. The average Bonchev–Trinajstić information content (AvgIpc) is 2.46. The molecule has 2 aromatic rings. The zero-order valence-corrected chi connectivity index (χ0v) is 13.0. The van der Waals surface area contributed by atoms with Gasteiger partial charge in [-0.25, -0.2) is 8.93 Å². The van der Waals surface area contributed by atoms with E-state index in [1.54, 1.807) is 30.3 Å². The summed E-state index contributed by atoms with van der Waals surface area (Å²) in [6.45, 7) is 0.156. The van der Waals surface area contributed by atoms with Crippen LogP contribution < -0.4 is 9.95 Å². The maximum Gasteiger partial charge on any atom is 0.127 e. The van der Waals surface area contributed by atoms with Gasteiger partial charge in [-0.05, 0) is 24.3 Å². The molecule has 2 aromatic carbocycles. The minimum absolute atomic E-state index is 0.0893. The topological polar surface area (TPSA) is 75.6 Å². The number of benzene rings is 2. The first-order chi connectivity index (χ1) is 10.0. The smallest absolute Gasteiger partial charge is 0.127 e. The summed E-state index contributed by atoms with van der Waals surface area (Å²) in [5.41, 5.74) is 0.517. The zero-order chi connectivity index (χ0) is 15.4. The first kappa shape index (κ1) is 16.2. The summed E-state index contributed by atoms with van der Waals surface area (Å²) in [5, 5.41) is 20.6. The Kier molecular flexibility index (Phi) is 5.58. The van der Waals surface area contributed by atoms with Crippen LogP contribution in [0.4, 0.5) is 5.69 Å². The van der Waals surface area contributed by atoms with E-state index in [2.05, 4.69) is 4.72 Å². The normalized spacial score (nSPS) is 12.2. The summed E-state index contributed by atoms with van der Waals surface area (Å²) in [4.78, 5) is 0.165. The van der Waals surface area contributed by atoms with Crippen LogP contribution in [0.1, 0.15) is 5.56 Å². The van der Waals surface area contributed by atoms with Gasteiger partial charge in [0.1, 0.15) is 11.0 Å². The van der Waals surface area contributed by atoms with E-state index in [4.69, 9.17) is 28.4 Å². The van der Waals surface area contributed by atoms with Crippen molar-refractivity contribution in [3.05, 3.63) is 63.3 Å². The van der Waals surface area contributed by atoms with Crippen molar-refractivity contribution in [1.29, 1.82) is 0 Å². The van der Waals surface area contributed by atoms with Crippen molar-refractivity contribution >= 4 is 39.9 Å². The molecule has 0 aliphatic rings. The Morgan fingerprint density at radius 2 is 1.76 bits per heavy atom. The van der Waals surface area contributed by atoms with E-state index >= 15 is 0 Å². The molecule has 0 radical (unpaired) electrons. The lowest BCUT2D eigenvalue weighted by Crippen LogP contribution is -2.20. The van der Waals surface area contributed by atoms with Crippen LogP contribution in [0.15, 0.2) is 47.4 Å². The van der Waals surface area contributed by atoms with Crippen LogP contribution in [0.25, 0.3) is 0 Å². The Morgan fingerprint density at radius 3 is 2.38 bits per heavy atom. The molecule has 2 rings (SSSR count). The fourth-order valence-corrected chi connectivity index (χ4v) is 3.19. The van der Waals surface area contributed by atoms with E-state index in [0.717, 1.165) is 0 Å². The lowest BCUT2D eigenvalue weighted by atomic mass is 10.2. The highest BCUT2D eigenvalue weighted by molar-refractivity contribution is 7.83. The fourth-order valence-electron chi connectivity index (χ4n) is 1.69. The summed E-state index contributed by atoms with van der Waals surface area (Å²) in [5.74, 6) is 0. The first-order valence-corrected chi connectivity index (χ1v) is 7.74. The first-order valence-electron chi connectivity index (χ1n) is 5.84. The Bertz CT molecular complexity index is 647. The zero-order valence-electron chi connectivity index (χ0n) is 10.6. The Hall–Kier alpha value is -1.15. The van der Waals surface area contributed by atoms with Crippen molar-refractivity contribution in [2.45, 2.75) is 11.4 Å². The monoisotopic (exact) mass is 345 g/mol. The highest BCUT2D eigenvalue weighted by Gasteiger charge is 2.12. The van der Waals surface area contributed by atoms with Gasteiger partial charge in [0, 0.05) is 22.2 Å². The van der Waals surface area contributed by atoms with Crippen LogP contribution in [0, 0.1) is 5.21 Å². The second kappa shape index (κ2) is 7.22. The highest BCUT2D eigenvalue weighted by Crippen LogP contribution is 2.25. The molecule has 0 saturated carbocycles. The third kappa shape index (κ3) is 3.94. The van der Waals surface area contributed by atoms with Gasteiger partial charge in [0.2, 0.25) is 0 Å². The molecule has 0 aromatic heterocycles. The van der Waals surface area contributed by atoms with Gasteiger partial charge in [-0.15, -0.1) is 0 Å². The molecule has 0 aliphatic heterocycles. The van der Waals surface area contributed by atoms with Gasteiger partial charge in [-0.3, -0.25) is 5.21 Å². The molecule has 0 heterocycles. The van der Waals surface area contributed by atoms with Gasteiger partial charge in [0.25, 0.3) is 0 Å². The molecule has 0 aliphatic carbocycles. The van der Waals surface area contributed by atoms with E-state index in [-0.39, 0.29) is 22.4 Å². The lowest BCUT2D eigenvalue weighted by molar-refractivity contribution is 0.294. The number of para-hydroxylation sites is 1. The molecule has 2 N–H and O–H groups in total. The third-order valence-electron chi connectivity index (χ3n) is 2.71. The van der Waals surface area contributed by atoms with E-state index in [9.17, 15) is 9.42 Å². The lowest BCUT2D eigenvalue weighted by Gasteiger charge is -2.24. The van der Waals surface area contributed by atoms with Crippen molar-refractivity contribution < 1.29 is 9.42 Å². The predicted octanol–water partition coefficient (Wildman–Crippen LogP) is 3.50. The van der Waals surface area contributed by atoms with Gasteiger partial charge in [0.15, 0.2) is 0 Å².